The topological polar surface area (TPSA) is 96.4 Å². The highest BCUT2D eigenvalue weighted by Gasteiger charge is 2.40. The summed E-state index contributed by atoms with van der Waals surface area (Å²) in [5, 5.41) is 10.2. The van der Waals surface area contributed by atoms with Crippen molar-refractivity contribution in [2.24, 2.45) is 0 Å². The summed E-state index contributed by atoms with van der Waals surface area (Å²) in [4.78, 5) is 41.4. The fraction of sp³-hybridized carbons (Fsp3) is 0.448. The predicted octanol–water partition coefficient (Wildman–Crippen LogP) is 3.54. The Hall–Kier alpha value is -4.20. The van der Waals surface area contributed by atoms with Gasteiger partial charge in [-0.25, -0.2) is 9.37 Å². The van der Waals surface area contributed by atoms with E-state index in [0.717, 1.165) is 32.3 Å². The van der Waals surface area contributed by atoms with Crippen LogP contribution in [0.15, 0.2) is 36.6 Å². The highest BCUT2D eigenvalue weighted by Crippen LogP contribution is 2.39. The maximum atomic E-state index is 14.6. The van der Waals surface area contributed by atoms with Crippen molar-refractivity contribution in [1.82, 2.24) is 19.8 Å². The second-order valence-corrected chi connectivity index (χ2v) is 10.3. The molecule has 0 spiro atoms. The number of halogens is 4. The molecule has 0 unspecified atom stereocenters. The Labute approximate surface area is 247 Å². The molecule has 2 aliphatic rings. The van der Waals surface area contributed by atoms with Crippen LogP contribution in [0.4, 0.5) is 35.0 Å². The largest absolute Gasteiger partial charge is 0.506 e. The molecule has 4 rings (SSSR count). The van der Waals surface area contributed by atoms with E-state index < -0.39 is 29.1 Å². The summed E-state index contributed by atoms with van der Waals surface area (Å²) in [5.74, 6) is -1.74. The molecule has 3 heterocycles. The van der Waals surface area contributed by atoms with Crippen molar-refractivity contribution in [3.05, 3.63) is 53.6 Å². The summed E-state index contributed by atoms with van der Waals surface area (Å²) in [5.41, 5.74) is -2.51. The maximum absolute atomic E-state index is 14.6. The maximum Gasteiger partial charge on any atom is 0.431 e. The van der Waals surface area contributed by atoms with E-state index in [2.05, 4.69) is 35.3 Å². The highest BCUT2D eigenvalue weighted by atomic mass is 19.4. The molecule has 10 nitrogen and oxygen atoms in total. The second kappa shape index (κ2) is 13.0. The molecule has 1 aromatic carbocycles. The van der Waals surface area contributed by atoms with Gasteiger partial charge in [0, 0.05) is 57.9 Å². The fourth-order valence-corrected chi connectivity index (χ4v) is 5.39. The van der Waals surface area contributed by atoms with Gasteiger partial charge in [-0.15, -0.1) is 0 Å². The van der Waals surface area contributed by atoms with Gasteiger partial charge in [-0.05, 0) is 37.4 Å². The first-order chi connectivity index (χ1) is 20.4. The number of piperazine rings is 1. The van der Waals surface area contributed by atoms with Gasteiger partial charge in [0.1, 0.15) is 28.6 Å². The van der Waals surface area contributed by atoms with Gasteiger partial charge < -0.3 is 24.7 Å². The van der Waals surface area contributed by atoms with Gasteiger partial charge in [-0.3, -0.25) is 14.5 Å². The van der Waals surface area contributed by atoms with Crippen molar-refractivity contribution in [2.45, 2.75) is 26.1 Å². The van der Waals surface area contributed by atoms with Gasteiger partial charge in [0.25, 0.3) is 0 Å². The lowest BCUT2D eigenvalue weighted by molar-refractivity contribution is -0.126. The van der Waals surface area contributed by atoms with Crippen LogP contribution in [0.2, 0.25) is 0 Å². The van der Waals surface area contributed by atoms with Crippen molar-refractivity contribution in [3.8, 4) is 5.75 Å². The number of aromatic nitrogens is 2. The Kier molecular flexibility index (Phi) is 9.58. The van der Waals surface area contributed by atoms with Gasteiger partial charge in [0.15, 0.2) is 12.1 Å². The summed E-state index contributed by atoms with van der Waals surface area (Å²) in [6.45, 7) is 11.4. The number of rotatable bonds is 10. The van der Waals surface area contributed by atoms with Crippen molar-refractivity contribution in [2.75, 3.05) is 74.1 Å². The van der Waals surface area contributed by atoms with Crippen LogP contribution in [0.1, 0.15) is 29.9 Å². The standard InChI is InChI=1S/C29H35F4N7O3/c1-5-25(43)38-11-13-39(14-12-38)27-20(15-24(29(31,32)33)36(4)26-21(30)9-8-10-23(26)42)22(18-41)34-28(35-27)40-16-19(17-40)37(6-2)7-3/h5,8-10,15,18-19,42H,1,6-7,11-14,16-17H2,2-4H3/b24-15-. The van der Waals surface area contributed by atoms with E-state index in [9.17, 15) is 32.3 Å². The number of hydrogen-bond acceptors (Lipinski definition) is 9. The monoisotopic (exact) mass is 605 g/mol. The average molecular weight is 606 g/mol. The van der Waals surface area contributed by atoms with Gasteiger partial charge in [-0.2, -0.15) is 18.2 Å². The molecule has 2 fully saturated rings. The van der Waals surface area contributed by atoms with Crippen LogP contribution >= 0.6 is 0 Å². The lowest BCUT2D eigenvalue weighted by Crippen LogP contribution is -2.60. The number of likely N-dealkylation sites (N-methyl/N-ethyl adjacent to an activating group) is 1. The molecule has 43 heavy (non-hydrogen) atoms. The van der Waals surface area contributed by atoms with Crippen LogP contribution < -0.4 is 14.7 Å². The molecule has 0 saturated carbocycles. The minimum atomic E-state index is -5.02. The molecule has 0 radical (unpaired) electrons. The molecule has 0 bridgehead atoms. The Morgan fingerprint density at radius 1 is 1.12 bits per heavy atom. The second-order valence-electron chi connectivity index (χ2n) is 10.3. The lowest BCUT2D eigenvalue weighted by Gasteiger charge is -2.45. The predicted molar refractivity (Wildman–Crippen MR) is 156 cm³/mol. The van der Waals surface area contributed by atoms with Crippen molar-refractivity contribution in [3.63, 3.8) is 0 Å². The molecule has 2 saturated heterocycles. The van der Waals surface area contributed by atoms with E-state index in [1.807, 2.05) is 4.90 Å². The molecular formula is C29H35F4N7O3. The zero-order valence-electron chi connectivity index (χ0n) is 24.3. The number of aromatic hydroxyl groups is 1. The number of phenolic OH excluding ortho intramolecular Hbond substituents is 1. The number of anilines is 3. The number of carbonyl (C=O) groups excluding carboxylic acids is 2. The third-order valence-corrected chi connectivity index (χ3v) is 7.83. The quantitative estimate of drug-likeness (QED) is 0.248. The fourth-order valence-electron chi connectivity index (χ4n) is 5.39. The minimum Gasteiger partial charge on any atom is -0.506 e. The molecule has 2 aliphatic heterocycles. The van der Waals surface area contributed by atoms with E-state index in [4.69, 9.17) is 0 Å². The molecular weight excluding hydrogens is 570 g/mol. The van der Waals surface area contributed by atoms with Gasteiger partial charge in [0.05, 0.1) is 0 Å². The Morgan fingerprint density at radius 2 is 1.77 bits per heavy atom. The lowest BCUT2D eigenvalue weighted by atomic mass is 10.1. The molecule has 0 aliphatic carbocycles. The molecule has 0 atom stereocenters. The number of amides is 1. The van der Waals surface area contributed by atoms with Crippen molar-refractivity contribution >= 4 is 35.7 Å². The van der Waals surface area contributed by atoms with Crippen LogP contribution in [0, 0.1) is 5.82 Å². The molecule has 1 N–H and O–H groups in total. The first-order valence-electron chi connectivity index (χ1n) is 14.0. The van der Waals surface area contributed by atoms with Crippen molar-refractivity contribution < 1.29 is 32.3 Å². The minimum absolute atomic E-state index is 0.0806. The van der Waals surface area contributed by atoms with Gasteiger partial charge >= 0.3 is 6.18 Å². The molecule has 14 heteroatoms. The van der Waals surface area contributed by atoms with E-state index in [0.29, 0.717) is 30.4 Å². The Bertz CT molecular complexity index is 1360. The summed E-state index contributed by atoms with van der Waals surface area (Å²) in [6, 6.07) is 3.42. The summed E-state index contributed by atoms with van der Waals surface area (Å²) >= 11 is 0. The number of nitrogens with zero attached hydrogens (tertiary/aromatic N) is 7. The number of alkyl halides is 3. The first kappa shape index (κ1) is 31.7. The zero-order valence-corrected chi connectivity index (χ0v) is 24.3. The van der Waals surface area contributed by atoms with Crippen LogP contribution in [0.5, 0.6) is 5.75 Å². The number of aldehydes is 1. The SMILES string of the molecule is C=CC(=O)N1CCN(c2nc(N3CC(N(CC)CC)C3)nc(C=O)c2/C=C(\N(C)c2c(O)cccc2F)C(F)(F)F)CC1. The van der Waals surface area contributed by atoms with Crippen LogP contribution in [0.3, 0.4) is 0 Å². The van der Waals surface area contributed by atoms with E-state index in [1.165, 1.54) is 12.1 Å². The smallest absolute Gasteiger partial charge is 0.431 e. The summed E-state index contributed by atoms with van der Waals surface area (Å²) in [6.07, 6.45) is -2.76. The molecule has 2 aromatic rings. The number of carbonyl (C=O) groups is 2. The van der Waals surface area contributed by atoms with E-state index in [1.54, 1.807) is 9.80 Å². The van der Waals surface area contributed by atoms with Gasteiger partial charge in [0.2, 0.25) is 11.9 Å². The van der Waals surface area contributed by atoms with Crippen molar-refractivity contribution in [1.29, 1.82) is 0 Å². The van der Waals surface area contributed by atoms with Crippen LogP contribution in [-0.4, -0.2) is 109 Å². The number of allylic oxidation sites excluding steroid dienone is 1. The highest BCUT2D eigenvalue weighted by molar-refractivity contribution is 5.88. The van der Waals surface area contributed by atoms with E-state index in [-0.39, 0.29) is 61.2 Å². The number of phenols is 1. The number of benzene rings is 1. The third kappa shape index (κ3) is 6.58. The van der Waals surface area contributed by atoms with Gasteiger partial charge in [-0.1, -0.05) is 26.5 Å². The number of hydrogen-bond donors (Lipinski definition) is 1. The molecule has 232 valence electrons. The van der Waals surface area contributed by atoms with E-state index >= 15 is 0 Å². The Morgan fingerprint density at radius 3 is 2.30 bits per heavy atom. The number of para-hydroxylation sites is 1. The summed E-state index contributed by atoms with van der Waals surface area (Å²) in [7, 11) is 0.972. The summed E-state index contributed by atoms with van der Waals surface area (Å²) < 4.78 is 58.2. The van der Waals surface area contributed by atoms with Crippen LogP contribution in [-0.2, 0) is 4.79 Å². The average Bonchev–Trinajstić information content (AvgIpc) is 2.96. The molecule has 1 amide bonds. The zero-order chi connectivity index (χ0) is 31.5. The molecule has 1 aromatic heterocycles. The van der Waals surface area contributed by atoms with Crippen LogP contribution in [0.25, 0.3) is 6.08 Å². The first-order valence-corrected chi connectivity index (χ1v) is 14.0. The normalized spacial score (nSPS) is 16.4. The Balaban J connectivity index is 1.82. The third-order valence-electron chi connectivity index (χ3n) is 7.83.